The van der Waals surface area contributed by atoms with Crippen molar-refractivity contribution in [3.05, 3.63) is 53.4 Å². The van der Waals surface area contributed by atoms with E-state index in [2.05, 4.69) is 20.4 Å². The summed E-state index contributed by atoms with van der Waals surface area (Å²) in [6, 6.07) is 6.36. The number of aryl methyl sites for hydroxylation is 1. The molecule has 5 aliphatic rings. The third-order valence-corrected chi connectivity index (χ3v) is 11.7. The van der Waals surface area contributed by atoms with Crippen molar-refractivity contribution in [3.63, 3.8) is 0 Å². The number of nitrogens with one attached hydrogen (secondary N) is 2. The highest BCUT2D eigenvalue weighted by atomic mass is 19.1. The summed E-state index contributed by atoms with van der Waals surface area (Å²) in [6.45, 7) is 6.98. The number of benzene rings is 2. The van der Waals surface area contributed by atoms with Gasteiger partial charge in [-0.05, 0) is 85.6 Å². The molecule has 11 nitrogen and oxygen atoms in total. The predicted molar refractivity (Wildman–Crippen MR) is 193 cm³/mol. The summed E-state index contributed by atoms with van der Waals surface area (Å²) in [5, 5.41) is 7.51. The highest BCUT2D eigenvalue weighted by Gasteiger charge is 2.48. The summed E-state index contributed by atoms with van der Waals surface area (Å²) >= 11 is 0. The van der Waals surface area contributed by atoms with Crippen LogP contribution in [0.5, 0.6) is 17.6 Å². The zero-order valence-corrected chi connectivity index (χ0v) is 30.0. The van der Waals surface area contributed by atoms with E-state index in [1.807, 2.05) is 13.8 Å². The minimum absolute atomic E-state index is 0.0222. The van der Waals surface area contributed by atoms with Gasteiger partial charge < -0.3 is 29.7 Å². The van der Waals surface area contributed by atoms with E-state index < -0.39 is 17.7 Å². The summed E-state index contributed by atoms with van der Waals surface area (Å²) in [7, 11) is 1.44. The van der Waals surface area contributed by atoms with Gasteiger partial charge in [-0.2, -0.15) is 9.97 Å². The highest BCUT2D eigenvalue weighted by Crippen LogP contribution is 2.49. The number of pyridine rings is 1. The first-order valence-corrected chi connectivity index (χ1v) is 18.6. The molecule has 1 saturated carbocycles. The van der Waals surface area contributed by atoms with Crippen molar-refractivity contribution < 1.29 is 32.2 Å². The lowest BCUT2D eigenvalue weighted by Gasteiger charge is -2.42. The molecule has 4 atom stereocenters. The van der Waals surface area contributed by atoms with Crippen LogP contribution < -0.4 is 29.7 Å². The van der Waals surface area contributed by atoms with Gasteiger partial charge in [0.1, 0.15) is 40.1 Å². The molecule has 4 fully saturated rings. The number of carbonyl (C=O) groups excluding carboxylic acids is 1. The van der Waals surface area contributed by atoms with Crippen molar-refractivity contribution in [1.29, 1.82) is 0 Å². The van der Waals surface area contributed by atoms with Gasteiger partial charge in [-0.1, -0.05) is 13.0 Å². The molecule has 3 saturated heterocycles. The van der Waals surface area contributed by atoms with Crippen molar-refractivity contribution in [3.8, 4) is 28.9 Å². The van der Waals surface area contributed by atoms with E-state index in [4.69, 9.17) is 29.2 Å². The molecule has 0 unspecified atom stereocenters. The van der Waals surface area contributed by atoms with E-state index in [1.54, 1.807) is 12.1 Å². The minimum atomic E-state index is -0.751. The van der Waals surface area contributed by atoms with Crippen LogP contribution in [0.15, 0.2) is 36.2 Å². The molecular weight excluding hydrogens is 687 g/mol. The molecule has 1 aliphatic carbocycles. The quantitative estimate of drug-likeness (QED) is 0.217. The Morgan fingerprint density at radius 2 is 2.02 bits per heavy atom. The first-order valence-electron chi connectivity index (χ1n) is 18.6. The van der Waals surface area contributed by atoms with Crippen LogP contribution in [0.3, 0.4) is 0 Å². The molecule has 1 amide bonds. The van der Waals surface area contributed by atoms with Crippen molar-refractivity contribution >= 4 is 33.6 Å². The Kier molecular flexibility index (Phi) is 8.37. The van der Waals surface area contributed by atoms with Gasteiger partial charge in [0.2, 0.25) is 5.88 Å². The number of rotatable bonds is 8. The number of anilines is 1. The maximum Gasteiger partial charge on any atom is 0.412 e. The molecule has 2 bridgehead atoms. The second-order valence-corrected chi connectivity index (χ2v) is 15.3. The third kappa shape index (κ3) is 5.90. The molecular formula is C39H42F3N7O4. The SMILES string of the molecule is CCc1c(F)ccc2cc(OC(=O)NC)cc(-c3nc4c5c(nc(OCC6(CN7CC/C(=C\F)C7)CC6)nc5c3F)N3C[C@H]5CC[C@H](N5)[C@H]3[C@H](C)O4)c12. The minimum Gasteiger partial charge on any atom is -0.472 e. The van der Waals surface area contributed by atoms with E-state index in [0.29, 0.717) is 60.0 Å². The molecule has 4 aliphatic heterocycles. The number of carbonyl (C=O) groups is 1. The number of fused-ring (bicyclic) bond motifs is 6. The summed E-state index contributed by atoms with van der Waals surface area (Å²) < 4.78 is 64.6. The number of amides is 1. The van der Waals surface area contributed by atoms with Gasteiger partial charge in [-0.3, -0.25) is 4.90 Å². The zero-order chi connectivity index (χ0) is 36.6. The van der Waals surface area contributed by atoms with Crippen LogP contribution in [0.2, 0.25) is 0 Å². The average molecular weight is 730 g/mol. The van der Waals surface area contributed by atoms with E-state index in [0.717, 1.165) is 50.8 Å². The molecule has 2 aromatic heterocycles. The maximum absolute atomic E-state index is 17.5. The Bertz CT molecular complexity index is 2180. The van der Waals surface area contributed by atoms with Crippen LogP contribution in [0.4, 0.5) is 23.8 Å². The topological polar surface area (TPSA) is 114 Å². The second kappa shape index (κ2) is 13.0. The molecule has 4 aromatic rings. The maximum atomic E-state index is 17.5. The normalized spacial score (nSPS) is 25.0. The zero-order valence-electron chi connectivity index (χ0n) is 30.0. The van der Waals surface area contributed by atoms with Crippen LogP contribution in [0.1, 0.15) is 51.5 Å². The van der Waals surface area contributed by atoms with Gasteiger partial charge in [0.25, 0.3) is 0 Å². The van der Waals surface area contributed by atoms with Gasteiger partial charge in [-0.25, -0.2) is 22.9 Å². The van der Waals surface area contributed by atoms with Gasteiger partial charge in [-0.15, -0.1) is 0 Å². The molecule has 53 heavy (non-hydrogen) atoms. The fraction of sp³-hybridized carbons (Fsp3) is 0.487. The lowest BCUT2D eigenvalue weighted by Crippen LogP contribution is -2.62. The van der Waals surface area contributed by atoms with Crippen molar-refractivity contribution in [2.75, 3.05) is 44.7 Å². The number of halogens is 3. The van der Waals surface area contributed by atoms with Gasteiger partial charge in [0.05, 0.1) is 19.0 Å². The van der Waals surface area contributed by atoms with E-state index >= 15 is 8.78 Å². The Labute approximate surface area is 304 Å². The second-order valence-electron chi connectivity index (χ2n) is 15.3. The van der Waals surface area contributed by atoms with Gasteiger partial charge in [0, 0.05) is 56.3 Å². The fourth-order valence-electron chi connectivity index (χ4n) is 8.96. The molecule has 0 radical (unpaired) electrons. The van der Waals surface area contributed by atoms with Gasteiger partial charge in [0.15, 0.2) is 5.82 Å². The van der Waals surface area contributed by atoms with Crippen LogP contribution in [-0.2, 0) is 6.42 Å². The number of nitrogens with zero attached hydrogens (tertiary/aromatic N) is 5. The Hall–Kier alpha value is -4.69. The Balaban J connectivity index is 1.20. The van der Waals surface area contributed by atoms with Crippen LogP contribution >= 0.6 is 0 Å². The summed E-state index contributed by atoms with van der Waals surface area (Å²) in [6.07, 6.45) is 4.58. The largest absolute Gasteiger partial charge is 0.472 e. The monoisotopic (exact) mass is 729 g/mol. The van der Waals surface area contributed by atoms with Crippen molar-refractivity contribution in [2.45, 2.75) is 76.6 Å². The lowest BCUT2D eigenvalue weighted by molar-refractivity contribution is 0.154. The smallest absolute Gasteiger partial charge is 0.412 e. The van der Waals surface area contributed by atoms with Crippen LogP contribution in [0, 0.1) is 17.0 Å². The fourth-order valence-corrected chi connectivity index (χ4v) is 8.96. The van der Waals surface area contributed by atoms with E-state index in [9.17, 15) is 9.18 Å². The molecule has 2 aromatic carbocycles. The number of piperazine rings is 1. The number of likely N-dealkylation sites (tertiary alicyclic amines) is 1. The highest BCUT2D eigenvalue weighted by molar-refractivity contribution is 6.03. The average Bonchev–Trinajstić information content (AvgIpc) is 3.64. The molecule has 6 heterocycles. The summed E-state index contributed by atoms with van der Waals surface area (Å²) in [5.41, 5.74) is 1.15. The van der Waals surface area contributed by atoms with Gasteiger partial charge >= 0.3 is 12.1 Å². The van der Waals surface area contributed by atoms with E-state index in [1.165, 1.54) is 19.2 Å². The Morgan fingerprint density at radius 1 is 1.17 bits per heavy atom. The standard InChI is InChI=1S/C39H42F3N7O4/c1-4-25-27(41)7-5-22-13-24(53-38(50)43-3)14-26(29(22)25)32-31(42)33-30-35(49-17-23-6-8-28(44-23)34(49)20(2)52-36(30)45-32)47-37(46-33)51-19-39(10-11-39)18-48-12-9-21(15-40)16-48/h5,7,13-15,20,23,28,34,44H,4,6,8-12,16-19H2,1-3H3,(H,43,50)/b21-15+/t20-,23+,28-,34+/m0/s1. The number of aromatic nitrogens is 3. The number of hydrogen-bond acceptors (Lipinski definition) is 10. The number of hydrogen-bond donors (Lipinski definition) is 2. The molecule has 14 heteroatoms. The predicted octanol–water partition coefficient (Wildman–Crippen LogP) is 6.21. The lowest BCUT2D eigenvalue weighted by atomic mass is 9.94. The summed E-state index contributed by atoms with van der Waals surface area (Å²) in [4.78, 5) is 31.3. The first-order chi connectivity index (χ1) is 25.7. The third-order valence-electron chi connectivity index (χ3n) is 11.7. The first kappa shape index (κ1) is 34.1. The van der Waals surface area contributed by atoms with Crippen LogP contribution in [0.25, 0.3) is 32.9 Å². The van der Waals surface area contributed by atoms with Crippen LogP contribution in [-0.4, -0.2) is 90.0 Å². The molecule has 0 spiro atoms. The number of ether oxygens (including phenoxy) is 3. The van der Waals surface area contributed by atoms with Crippen molar-refractivity contribution in [1.82, 2.24) is 30.5 Å². The molecule has 278 valence electrons. The Morgan fingerprint density at radius 3 is 2.77 bits per heavy atom. The summed E-state index contributed by atoms with van der Waals surface area (Å²) in [5.74, 6) is -0.381. The molecule has 2 N–H and O–H groups in total. The molecule has 9 rings (SSSR count). The van der Waals surface area contributed by atoms with E-state index in [-0.39, 0.29) is 64.1 Å². The van der Waals surface area contributed by atoms with Crippen molar-refractivity contribution in [2.24, 2.45) is 5.41 Å².